The fraction of sp³-hybridized carbons (Fsp3) is 0.600. The molecule has 4 heteroatoms. The second kappa shape index (κ2) is 1.46. The van der Waals surface area contributed by atoms with E-state index in [0.717, 1.165) is 12.8 Å². The molecule has 1 fully saturated rings. The SMILES string of the molecule is O=c1[nH]nc(C2CC2)o1. The van der Waals surface area contributed by atoms with E-state index in [0.29, 0.717) is 11.8 Å². The lowest BCUT2D eigenvalue weighted by atomic mass is 10.4. The minimum atomic E-state index is -0.447. The number of hydrogen-bond acceptors (Lipinski definition) is 3. The van der Waals surface area contributed by atoms with Crippen LogP contribution in [0.3, 0.4) is 0 Å². The third-order valence-electron chi connectivity index (χ3n) is 1.38. The van der Waals surface area contributed by atoms with Crippen LogP contribution in [0, 0.1) is 0 Å². The molecular weight excluding hydrogens is 120 g/mol. The Labute approximate surface area is 50.9 Å². The summed E-state index contributed by atoms with van der Waals surface area (Å²) in [5.41, 5.74) is 0. The van der Waals surface area contributed by atoms with Gasteiger partial charge in [0.2, 0.25) is 5.89 Å². The maximum atomic E-state index is 10.3. The van der Waals surface area contributed by atoms with Gasteiger partial charge in [-0.2, -0.15) is 0 Å². The molecule has 0 aromatic carbocycles. The standard InChI is InChI=1S/C5H6N2O2/c8-5-7-6-4(9-5)3-1-2-3/h3H,1-2H2,(H,7,8). The highest BCUT2D eigenvalue weighted by Gasteiger charge is 2.28. The number of nitrogens with zero attached hydrogens (tertiary/aromatic N) is 1. The van der Waals surface area contributed by atoms with Crippen molar-refractivity contribution >= 4 is 0 Å². The molecule has 0 bridgehead atoms. The van der Waals surface area contributed by atoms with Gasteiger partial charge in [0.05, 0.1) is 0 Å². The zero-order valence-electron chi connectivity index (χ0n) is 4.76. The number of aromatic amines is 1. The van der Waals surface area contributed by atoms with Crippen molar-refractivity contribution in [2.45, 2.75) is 18.8 Å². The summed E-state index contributed by atoms with van der Waals surface area (Å²) in [6.45, 7) is 0. The maximum absolute atomic E-state index is 10.3. The molecule has 1 aliphatic carbocycles. The first-order valence-electron chi connectivity index (χ1n) is 2.91. The highest BCUT2D eigenvalue weighted by atomic mass is 16.4. The van der Waals surface area contributed by atoms with Gasteiger partial charge < -0.3 is 4.42 Å². The van der Waals surface area contributed by atoms with Crippen molar-refractivity contribution in [3.63, 3.8) is 0 Å². The van der Waals surface area contributed by atoms with Crippen LogP contribution < -0.4 is 5.76 Å². The predicted molar refractivity (Wildman–Crippen MR) is 29.1 cm³/mol. The van der Waals surface area contributed by atoms with Crippen LogP contribution in [0.5, 0.6) is 0 Å². The van der Waals surface area contributed by atoms with Crippen LogP contribution in [-0.2, 0) is 0 Å². The quantitative estimate of drug-likeness (QED) is 0.586. The van der Waals surface area contributed by atoms with Crippen LogP contribution in [0.25, 0.3) is 0 Å². The fourth-order valence-corrected chi connectivity index (χ4v) is 0.746. The van der Waals surface area contributed by atoms with Gasteiger partial charge in [-0.15, -0.1) is 5.10 Å². The van der Waals surface area contributed by atoms with Crippen molar-refractivity contribution in [1.29, 1.82) is 0 Å². The zero-order chi connectivity index (χ0) is 6.27. The van der Waals surface area contributed by atoms with Gasteiger partial charge in [-0.25, -0.2) is 9.89 Å². The smallest absolute Gasteiger partial charge is 0.392 e. The summed E-state index contributed by atoms with van der Waals surface area (Å²) in [5.74, 6) is 0.542. The van der Waals surface area contributed by atoms with E-state index >= 15 is 0 Å². The van der Waals surface area contributed by atoms with Crippen LogP contribution in [-0.4, -0.2) is 10.2 Å². The van der Waals surface area contributed by atoms with Crippen molar-refractivity contribution < 1.29 is 4.42 Å². The van der Waals surface area contributed by atoms with E-state index in [2.05, 4.69) is 14.6 Å². The Morgan fingerprint density at radius 2 is 2.44 bits per heavy atom. The second-order valence-corrected chi connectivity index (χ2v) is 2.23. The molecule has 0 saturated heterocycles. The van der Waals surface area contributed by atoms with Crippen molar-refractivity contribution in [3.05, 3.63) is 16.4 Å². The van der Waals surface area contributed by atoms with Crippen LogP contribution in [0.2, 0.25) is 0 Å². The largest absolute Gasteiger partial charge is 0.434 e. The number of H-pyrrole nitrogens is 1. The van der Waals surface area contributed by atoms with Gasteiger partial charge in [0.15, 0.2) is 0 Å². The molecular formula is C5H6N2O2. The Balaban J connectivity index is 2.38. The first kappa shape index (κ1) is 4.78. The molecule has 0 unspecified atom stereocenters. The van der Waals surface area contributed by atoms with Gasteiger partial charge >= 0.3 is 5.76 Å². The van der Waals surface area contributed by atoms with E-state index < -0.39 is 5.76 Å². The van der Waals surface area contributed by atoms with Crippen molar-refractivity contribution in [1.82, 2.24) is 10.2 Å². The lowest BCUT2D eigenvalue weighted by Gasteiger charge is -1.78. The number of hydrogen-bond donors (Lipinski definition) is 1. The minimum absolute atomic E-state index is 0.420. The molecule has 1 aliphatic rings. The molecule has 1 saturated carbocycles. The van der Waals surface area contributed by atoms with Crippen LogP contribution in [0.4, 0.5) is 0 Å². The summed E-state index contributed by atoms with van der Waals surface area (Å²) in [6.07, 6.45) is 2.21. The van der Waals surface area contributed by atoms with Crippen LogP contribution in [0.15, 0.2) is 9.21 Å². The van der Waals surface area contributed by atoms with E-state index in [1.807, 2.05) is 0 Å². The summed E-state index contributed by atoms with van der Waals surface area (Å²) in [5, 5.41) is 5.89. The Morgan fingerprint density at radius 3 is 2.89 bits per heavy atom. The van der Waals surface area contributed by atoms with Gasteiger partial charge in [-0.1, -0.05) is 0 Å². The molecule has 1 heterocycles. The van der Waals surface area contributed by atoms with E-state index in [-0.39, 0.29) is 0 Å². The van der Waals surface area contributed by atoms with Gasteiger partial charge in [0.1, 0.15) is 0 Å². The molecule has 0 spiro atoms. The van der Waals surface area contributed by atoms with Crippen molar-refractivity contribution in [3.8, 4) is 0 Å². The Kier molecular flexibility index (Phi) is 0.777. The minimum Gasteiger partial charge on any atom is -0.392 e. The molecule has 2 rings (SSSR count). The van der Waals surface area contributed by atoms with Gasteiger partial charge in [0, 0.05) is 5.92 Å². The lowest BCUT2D eigenvalue weighted by molar-refractivity contribution is 0.464. The number of nitrogens with one attached hydrogen (secondary N) is 1. The summed E-state index contributed by atoms with van der Waals surface area (Å²) < 4.78 is 4.69. The summed E-state index contributed by atoms with van der Waals surface area (Å²) in [4.78, 5) is 10.3. The topological polar surface area (TPSA) is 58.9 Å². The zero-order valence-corrected chi connectivity index (χ0v) is 4.76. The lowest BCUT2D eigenvalue weighted by Crippen LogP contribution is -1.93. The van der Waals surface area contributed by atoms with Crippen molar-refractivity contribution in [2.24, 2.45) is 0 Å². The Hall–Kier alpha value is -1.06. The molecule has 48 valence electrons. The molecule has 9 heavy (non-hydrogen) atoms. The summed E-state index contributed by atoms with van der Waals surface area (Å²) >= 11 is 0. The average molecular weight is 126 g/mol. The summed E-state index contributed by atoms with van der Waals surface area (Å²) in [7, 11) is 0. The third kappa shape index (κ3) is 0.759. The Morgan fingerprint density at radius 1 is 1.67 bits per heavy atom. The van der Waals surface area contributed by atoms with Gasteiger partial charge in [-0.3, -0.25) is 0 Å². The Bertz CT molecular complexity index is 258. The van der Waals surface area contributed by atoms with Crippen molar-refractivity contribution in [2.75, 3.05) is 0 Å². The molecule has 0 aliphatic heterocycles. The fourth-order valence-electron chi connectivity index (χ4n) is 0.746. The molecule has 4 nitrogen and oxygen atoms in total. The van der Waals surface area contributed by atoms with E-state index in [1.54, 1.807) is 0 Å². The monoisotopic (exact) mass is 126 g/mol. The second-order valence-electron chi connectivity index (χ2n) is 2.23. The van der Waals surface area contributed by atoms with Crippen LogP contribution >= 0.6 is 0 Å². The molecule has 0 radical (unpaired) electrons. The predicted octanol–water partition coefficient (Wildman–Crippen LogP) is 0.240. The molecule has 1 aromatic heterocycles. The maximum Gasteiger partial charge on any atom is 0.434 e. The molecule has 0 amide bonds. The molecule has 1 aromatic rings. The number of rotatable bonds is 1. The third-order valence-corrected chi connectivity index (χ3v) is 1.38. The normalized spacial score (nSPS) is 18.2. The van der Waals surface area contributed by atoms with Crippen LogP contribution in [0.1, 0.15) is 24.7 Å². The molecule has 1 N–H and O–H groups in total. The van der Waals surface area contributed by atoms with Gasteiger partial charge in [-0.05, 0) is 12.8 Å². The van der Waals surface area contributed by atoms with E-state index in [9.17, 15) is 4.79 Å². The average Bonchev–Trinajstić information content (AvgIpc) is 2.58. The van der Waals surface area contributed by atoms with Gasteiger partial charge in [0.25, 0.3) is 0 Å². The number of aromatic nitrogens is 2. The van der Waals surface area contributed by atoms with E-state index in [1.165, 1.54) is 0 Å². The highest BCUT2D eigenvalue weighted by Crippen LogP contribution is 2.37. The highest BCUT2D eigenvalue weighted by molar-refractivity contribution is 4.97. The first-order chi connectivity index (χ1) is 4.36. The summed E-state index contributed by atoms with van der Waals surface area (Å²) in [6, 6.07) is 0. The first-order valence-corrected chi connectivity index (χ1v) is 2.91. The molecule has 0 atom stereocenters. The van der Waals surface area contributed by atoms with E-state index in [4.69, 9.17) is 0 Å².